The lowest BCUT2D eigenvalue weighted by Crippen LogP contribution is -2.71. The van der Waals surface area contributed by atoms with Gasteiger partial charge in [-0.05, 0) is 49.7 Å². The Morgan fingerprint density at radius 3 is 2.60 bits per heavy atom. The summed E-state index contributed by atoms with van der Waals surface area (Å²) in [5.74, 6) is -0.561. The van der Waals surface area contributed by atoms with Gasteiger partial charge in [-0.1, -0.05) is 44.2 Å². The standard InChI is InChI=1S/C34H37NO8/c1-19(36)40-26-16-24-32(2,13-12-25-33(24,3)18-39-31(42-25)20-9-6-5-7-10-20)29-28(37)27-23(43-34(26,29)4)15-22(41-30(27)38)21-11-8-14-35-17-21/h5-11,14-15,17,24-26,28-29,31,37H,12-13,16,18H2,1-4H3/t24?,25-,26-,28-,29?,31+,32-,33-,34+/m0/s1. The van der Waals surface area contributed by atoms with Crippen LogP contribution in [0.25, 0.3) is 11.3 Å². The lowest BCUT2D eigenvalue weighted by Gasteiger charge is -2.67. The Morgan fingerprint density at radius 1 is 1.09 bits per heavy atom. The molecule has 1 aromatic carbocycles. The Hall–Kier alpha value is -3.53. The molecule has 2 unspecified atom stereocenters. The summed E-state index contributed by atoms with van der Waals surface area (Å²) in [6.07, 6.45) is 2.73. The molecular weight excluding hydrogens is 550 g/mol. The topological polar surface area (TPSA) is 117 Å². The molecule has 4 aliphatic rings. The second kappa shape index (κ2) is 10.0. The molecule has 0 radical (unpaired) electrons. The van der Waals surface area contributed by atoms with Gasteiger partial charge < -0.3 is 28.5 Å². The van der Waals surface area contributed by atoms with E-state index in [9.17, 15) is 14.7 Å². The number of hydrogen-bond donors (Lipinski definition) is 1. The molecule has 2 saturated carbocycles. The monoisotopic (exact) mass is 587 g/mol. The first-order valence-electron chi connectivity index (χ1n) is 15.0. The largest absolute Gasteiger partial charge is 0.482 e. The highest BCUT2D eigenvalue weighted by Gasteiger charge is 2.71. The van der Waals surface area contributed by atoms with Crippen molar-refractivity contribution in [1.29, 1.82) is 0 Å². The van der Waals surface area contributed by atoms with Gasteiger partial charge in [0.25, 0.3) is 0 Å². The van der Waals surface area contributed by atoms with Crippen molar-refractivity contribution in [3.8, 4) is 17.1 Å². The van der Waals surface area contributed by atoms with E-state index in [4.69, 9.17) is 23.4 Å². The van der Waals surface area contributed by atoms with E-state index in [1.807, 2.05) is 37.3 Å². The zero-order valence-electron chi connectivity index (χ0n) is 24.8. The highest BCUT2D eigenvalue weighted by atomic mass is 16.7. The first-order chi connectivity index (χ1) is 20.5. The summed E-state index contributed by atoms with van der Waals surface area (Å²) in [4.78, 5) is 30.1. The van der Waals surface area contributed by atoms with Crippen LogP contribution in [-0.2, 0) is 19.0 Å². The lowest BCUT2D eigenvalue weighted by molar-refractivity contribution is -0.330. The van der Waals surface area contributed by atoms with Crippen LogP contribution in [0.2, 0.25) is 0 Å². The Labute approximate surface area is 250 Å². The first-order valence-corrected chi connectivity index (χ1v) is 15.0. The molecule has 0 bridgehead atoms. The van der Waals surface area contributed by atoms with Gasteiger partial charge in [-0.3, -0.25) is 9.78 Å². The molecule has 1 saturated heterocycles. The average molecular weight is 588 g/mol. The molecule has 43 heavy (non-hydrogen) atoms. The minimum absolute atomic E-state index is 0.0700. The minimum atomic E-state index is -1.21. The van der Waals surface area contributed by atoms with E-state index < -0.39 is 52.4 Å². The van der Waals surface area contributed by atoms with Crippen LogP contribution >= 0.6 is 0 Å². The number of benzene rings is 1. The number of carbonyl (C=O) groups is 1. The lowest BCUT2D eigenvalue weighted by atomic mass is 9.42. The highest BCUT2D eigenvalue weighted by molar-refractivity contribution is 5.66. The molecule has 0 spiro atoms. The molecule has 0 amide bonds. The van der Waals surface area contributed by atoms with Gasteiger partial charge in [0.15, 0.2) is 6.29 Å². The predicted molar refractivity (Wildman–Crippen MR) is 155 cm³/mol. The van der Waals surface area contributed by atoms with E-state index in [-0.39, 0.29) is 29.1 Å². The van der Waals surface area contributed by atoms with Crippen LogP contribution < -0.4 is 10.4 Å². The number of nitrogens with zero attached hydrogens (tertiary/aromatic N) is 1. The van der Waals surface area contributed by atoms with Crippen molar-refractivity contribution >= 4 is 5.97 Å². The number of rotatable bonds is 3. The van der Waals surface area contributed by atoms with E-state index in [0.717, 1.165) is 18.4 Å². The summed E-state index contributed by atoms with van der Waals surface area (Å²) < 4.78 is 31.4. The van der Waals surface area contributed by atoms with Crippen molar-refractivity contribution in [1.82, 2.24) is 4.98 Å². The number of carbonyl (C=O) groups excluding carboxylic acids is 1. The van der Waals surface area contributed by atoms with Gasteiger partial charge >= 0.3 is 11.6 Å². The summed E-state index contributed by atoms with van der Waals surface area (Å²) in [5, 5.41) is 12.1. The molecule has 9 nitrogen and oxygen atoms in total. The maximum atomic E-state index is 13.5. The third kappa shape index (κ3) is 4.27. The molecule has 9 atom stereocenters. The normalized spacial score (nSPS) is 38.0. The van der Waals surface area contributed by atoms with E-state index in [0.29, 0.717) is 18.6 Å². The molecule has 3 aromatic rings. The second-order valence-electron chi connectivity index (χ2n) is 13.2. The number of esters is 1. The van der Waals surface area contributed by atoms with Gasteiger partial charge in [0.05, 0.1) is 18.8 Å². The summed E-state index contributed by atoms with van der Waals surface area (Å²) in [6.45, 7) is 8.06. The van der Waals surface area contributed by atoms with Crippen molar-refractivity contribution in [2.75, 3.05) is 6.61 Å². The second-order valence-corrected chi connectivity index (χ2v) is 13.2. The molecule has 2 aliphatic heterocycles. The third-order valence-electron chi connectivity index (χ3n) is 10.7. The van der Waals surface area contributed by atoms with Crippen LogP contribution in [-0.4, -0.2) is 40.5 Å². The Bertz CT molecular complexity index is 1590. The Morgan fingerprint density at radius 2 is 1.88 bits per heavy atom. The molecular formula is C34H37NO8. The quantitative estimate of drug-likeness (QED) is 0.403. The summed E-state index contributed by atoms with van der Waals surface area (Å²) in [5.41, 5.74) is -1.05. The van der Waals surface area contributed by atoms with E-state index >= 15 is 0 Å². The Balaban J connectivity index is 1.30. The van der Waals surface area contributed by atoms with Crippen molar-refractivity contribution < 1.29 is 33.3 Å². The van der Waals surface area contributed by atoms with E-state index in [1.165, 1.54) is 6.92 Å². The van der Waals surface area contributed by atoms with E-state index in [2.05, 4.69) is 18.8 Å². The van der Waals surface area contributed by atoms with Gasteiger partial charge in [0, 0.05) is 47.8 Å². The number of ether oxygens (including phenoxy) is 4. The number of hydrogen-bond acceptors (Lipinski definition) is 9. The highest BCUT2D eigenvalue weighted by Crippen LogP contribution is 2.68. The molecule has 9 heteroatoms. The molecule has 2 aliphatic carbocycles. The first kappa shape index (κ1) is 28.3. The molecule has 1 N–H and O–H groups in total. The summed E-state index contributed by atoms with van der Waals surface area (Å²) in [6, 6.07) is 15.1. The fraction of sp³-hybridized carbons (Fsp3) is 0.500. The fourth-order valence-electron chi connectivity index (χ4n) is 8.84. The van der Waals surface area contributed by atoms with Crippen molar-refractivity contribution in [2.24, 2.45) is 22.7 Å². The number of aliphatic hydroxyl groups is 1. The van der Waals surface area contributed by atoms with Gasteiger partial charge in [0.2, 0.25) is 0 Å². The fourth-order valence-corrected chi connectivity index (χ4v) is 8.84. The SMILES string of the molecule is CC(=O)O[C@H]1CC2[C@](C)(CC[C@@H]3O[C@H](c4ccccc4)OC[C@@]23C)C2[C@@H](O)c3c(cc(-c4cccnc4)oc3=O)O[C@@]21C. The summed E-state index contributed by atoms with van der Waals surface area (Å²) in [7, 11) is 0. The Kier molecular flexibility index (Phi) is 6.57. The average Bonchev–Trinajstić information content (AvgIpc) is 2.98. The van der Waals surface area contributed by atoms with Crippen molar-refractivity contribution in [2.45, 2.75) is 77.2 Å². The van der Waals surface area contributed by atoms with Crippen LogP contribution in [0.3, 0.4) is 0 Å². The zero-order chi connectivity index (χ0) is 30.1. The van der Waals surface area contributed by atoms with Gasteiger partial charge in [0.1, 0.15) is 28.8 Å². The third-order valence-corrected chi connectivity index (χ3v) is 10.7. The maximum absolute atomic E-state index is 13.5. The van der Waals surface area contributed by atoms with E-state index in [1.54, 1.807) is 30.6 Å². The smallest absolute Gasteiger partial charge is 0.345 e. The molecule has 226 valence electrons. The van der Waals surface area contributed by atoms with Gasteiger partial charge in [-0.15, -0.1) is 0 Å². The molecule has 3 fully saturated rings. The predicted octanol–water partition coefficient (Wildman–Crippen LogP) is 5.37. The summed E-state index contributed by atoms with van der Waals surface area (Å²) >= 11 is 0. The molecule has 2 aromatic heterocycles. The number of fused-ring (bicyclic) bond motifs is 6. The zero-order valence-corrected chi connectivity index (χ0v) is 24.8. The number of aliphatic hydroxyl groups excluding tert-OH is 1. The number of pyridine rings is 1. The number of aromatic nitrogens is 1. The van der Waals surface area contributed by atoms with Crippen LogP contribution in [0, 0.1) is 22.7 Å². The van der Waals surface area contributed by atoms with Crippen molar-refractivity contribution in [3.05, 3.63) is 82.5 Å². The van der Waals surface area contributed by atoms with Crippen LogP contribution in [0.15, 0.2) is 70.1 Å². The van der Waals surface area contributed by atoms with Crippen molar-refractivity contribution in [3.63, 3.8) is 0 Å². The van der Waals surface area contributed by atoms with Crippen LogP contribution in [0.5, 0.6) is 5.75 Å². The van der Waals surface area contributed by atoms with Gasteiger partial charge in [-0.25, -0.2) is 4.79 Å². The van der Waals surface area contributed by atoms with Gasteiger partial charge in [-0.2, -0.15) is 0 Å². The van der Waals surface area contributed by atoms with Crippen LogP contribution in [0.4, 0.5) is 0 Å². The van der Waals surface area contributed by atoms with Crippen LogP contribution in [0.1, 0.15) is 70.5 Å². The molecule has 4 heterocycles. The minimum Gasteiger partial charge on any atom is -0.482 e. The maximum Gasteiger partial charge on any atom is 0.345 e. The molecule has 7 rings (SSSR count).